The van der Waals surface area contributed by atoms with Crippen LogP contribution in [0.25, 0.3) is 0 Å². The standard InChI is InChI=1S/C11H17N3O4/c1-7-5-8(13-14(7)6-9(15)16)12-10(17)18-11(2,3)4/h5H,6H2,1-4H3,(H,15,16)(H,12,13,17). The molecule has 7 nitrogen and oxygen atoms in total. The van der Waals surface area contributed by atoms with Gasteiger partial charge in [0.05, 0.1) is 0 Å². The van der Waals surface area contributed by atoms with Crippen molar-refractivity contribution in [1.82, 2.24) is 9.78 Å². The van der Waals surface area contributed by atoms with Crippen LogP contribution < -0.4 is 5.32 Å². The highest BCUT2D eigenvalue weighted by Gasteiger charge is 2.17. The Balaban J connectivity index is 2.69. The zero-order valence-corrected chi connectivity index (χ0v) is 10.9. The Morgan fingerprint density at radius 3 is 2.61 bits per heavy atom. The summed E-state index contributed by atoms with van der Waals surface area (Å²) in [4.78, 5) is 22.0. The summed E-state index contributed by atoms with van der Waals surface area (Å²) in [6.45, 7) is 6.71. The first-order valence-electron chi connectivity index (χ1n) is 5.43. The Bertz CT molecular complexity index is 459. The van der Waals surface area contributed by atoms with E-state index >= 15 is 0 Å². The Hall–Kier alpha value is -2.05. The number of aliphatic carboxylic acids is 1. The summed E-state index contributed by atoms with van der Waals surface area (Å²) < 4.78 is 6.34. The lowest BCUT2D eigenvalue weighted by atomic mass is 10.2. The first-order chi connectivity index (χ1) is 8.17. The van der Waals surface area contributed by atoms with Crippen LogP contribution in [-0.2, 0) is 16.1 Å². The van der Waals surface area contributed by atoms with Crippen molar-refractivity contribution in [1.29, 1.82) is 0 Å². The number of carboxylic acid groups (broad SMARTS) is 1. The second-order valence-electron chi connectivity index (χ2n) is 4.85. The molecule has 1 rings (SSSR count). The van der Waals surface area contributed by atoms with E-state index in [4.69, 9.17) is 9.84 Å². The van der Waals surface area contributed by atoms with Crippen molar-refractivity contribution in [3.8, 4) is 0 Å². The Labute approximate surface area is 105 Å². The van der Waals surface area contributed by atoms with Gasteiger partial charge in [0, 0.05) is 11.8 Å². The van der Waals surface area contributed by atoms with Gasteiger partial charge in [0.15, 0.2) is 5.82 Å². The summed E-state index contributed by atoms with van der Waals surface area (Å²) in [5, 5.41) is 15.1. The van der Waals surface area contributed by atoms with Crippen LogP contribution in [0.15, 0.2) is 6.07 Å². The summed E-state index contributed by atoms with van der Waals surface area (Å²) in [5.74, 6) is -0.729. The largest absolute Gasteiger partial charge is 0.480 e. The summed E-state index contributed by atoms with van der Waals surface area (Å²) in [6, 6.07) is 1.58. The number of aromatic nitrogens is 2. The average molecular weight is 255 g/mol. The molecule has 100 valence electrons. The zero-order chi connectivity index (χ0) is 13.9. The van der Waals surface area contributed by atoms with Gasteiger partial charge < -0.3 is 9.84 Å². The van der Waals surface area contributed by atoms with Crippen LogP contribution in [0.1, 0.15) is 26.5 Å². The summed E-state index contributed by atoms with van der Waals surface area (Å²) in [7, 11) is 0. The van der Waals surface area contributed by atoms with Crippen molar-refractivity contribution < 1.29 is 19.4 Å². The number of aryl methyl sites for hydroxylation is 1. The first kappa shape index (κ1) is 14.0. The second-order valence-corrected chi connectivity index (χ2v) is 4.85. The number of amides is 1. The van der Waals surface area contributed by atoms with Crippen LogP contribution >= 0.6 is 0 Å². The molecule has 0 atom stereocenters. The highest BCUT2D eigenvalue weighted by Crippen LogP contribution is 2.12. The lowest BCUT2D eigenvalue weighted by molar-refractivity contribution is -0.137. The molecule has 0 saturated carbocycles. The molecule has 0 saturated heterocycles. The van der Waals surface area contributed by atoms with E-state index in [9.17, 15) is 9.59 Å². The van der Waals surface area contributed by atoms with Crippen molar-refractivity contribution in [2.75, 3.05) is 5.32 Å². The molecule has 0 bridgehead atoms. The molecule has 0 spiro atoms. The number of carbonyl (C=O) groups is 2. The lowest BCUT2D eigenvalue weighted by Gasteiger charge is -2.18. The molecule has 0 aliphatic heterocycles. The van der Waals surface area contributed by atoms with Crippen LogP contribution in [0, 0.1) is 6.92 Å². The number of anilines is 1. The minimum atomic E-state index is -0.995. The molecular formula is C11H17N3O4. The lowest BCUT2D eigenvalue weighted by Crippen LogP contribution is -2.27. The molecule has 0 aliphatic rings. The van der Waals surface area contributed by atoms with E-state index in [1.54, 1.807) is 33.8 Å². The highest BCUT2D eigenvalue weighted by atomic mass is 16.6. The number of nitrogens with one attached hydrogen (secondary N) is 1. The number of carboxylic acids is 1. The van der Waals surface area contributed by atoms with Gasteiger partial charge in [0.2, 0.25) is 0 Å². The van der Waals surface area contributed by atoms with Crippen LogP contribution in [0.5, 0.6) is 0 Å². The van der Waals surface area contributed by atoms with Gasteiger partial charge in [-0.1, -0.05) is 0 Å². The topological polar surface area (TPSA) is 93.5 Å². The Kier molecular flexibility index (Phi) is 3.95. The normalized spacial score (nSPS) is 11.1. The minimum absolute atomic E-state index is 0.248. The maximum Gasteiger partial charge on any atom is 0.413 e. The van der Waals surface area contributed by atoms with Crippen LogP contribution in [0.3, 0.4) is 0 Å². The quantitative estimate of drug-likeness (QED) is 0.856. The number of hydrogen-bond acceptors (Lipinski definition) is 4. The smallest absolute Gasteiger partial charge is 0.413 e. The molecule has 1 aromatic rings. The summed E-state index contributed by atoms with van der Waals surface area (Å²) in [5.41, 5.74) is 0.0476. The number of rotatable bonds is 3. The van der Waals surface area contributed by atoms with Crippen molar-refractivity contribution >= 4 is 17.9 Å². The van der Waals surface area contributed by atoms with E-state index < -0.39 is 17.7 Å². The molecule has 1 aromatic heterocycles. The fraction of sp³-hybridized carbons (Fsp3) is 0.545. The SMILES string of the molecule is Cc1cc(NC(=O)OC(C)(C)C)nn1CC(=O)O. The number of carbonyl (C=O) groups excluding carboxylic acids is 1. The van der Waals surface area contributed by atoms with Gasteiger partial charge in [0.25, 0.3) is 0 Å². The molecule has 0 aliphatic carbocycles. The van der Waals surface area contributed by atoms with Gasteiger partial charge in [-0.25, -0.2) is 4.79 Å². The van der Waals surface area contributed by atoms with Gasteiger partial charge in [-0.2, -0.15) is 5.10 Å². The third kappa shape index (κ3) is 4.44. The monoisotopic (exact) mass is 255 g/mol. The van der Waals surface area contributed by atoms with Crippen LogP contribution in [0.4, 0.5) is 10.6 Å². The van der Waals surface area contributed by atoms with E-state index in [1.165, 1.54) is 4.68 Å². The molecule has 0 unspecified atom stereocenters. The molecule has 1 heterocycles. The molecular weight excluding hydrogens is 238 g/mol. The van der Waals surface area contributed by atoms with Gasteiger partial charge in [0.1, 0.15) is 12.1 Å². The molecule has 7 heteroatoms. The third-order valence-electron chi connectivity index (χ3n) is 1.90. The predicted molar refractivity (Wildman–Crippen MR) is 64.5 cm³/mol. The summed E-state index contributed by atoms with van der Waals surface area (Å²) >= 11 is 0. The average Bonchev–Trinajstić information content (AvgIpc) is 2.41. The van der Waals surface area contributed by atoms with Crippen molar-refractivity contribution in [3.05, 3.63) is 11.8 Å². The molecule has 0 fully saturated rings. The number of nitrogens with zero attached hydrogens (tertiary/aromatic N) is 2. The number of ether oxygens (including phenoxy) is 1. The minimum Gasteiger partial charge on any atom is -0.480 e. The van der Waals surface area contributed by atoms with Gasteiger partial charge in [-0.05, 0) is 27.7 Å². The fourth-order valence-corrected chi connectivity index (χ4v) is 1.27. The highest BCUT2D eigenvalue weighted by molar-refractivity contribution is 5.83. The van der Waals surface area contributed by atoms with Gasteiger partial charge in [-0.3, -0.25) is 14.8 Å². The maximum atomic E-state index is 11.5. The molecule has 1 amide bonds. The Morgan fingerprint density at radius 2 is 2.11 bits per heavy atom. The van der Waals surface area contributed by atoms with Crippen LogP contribution in [-0.4, -0.2) is 32.6 Å². The number of hydrogen-bond donors (Lipinski definition) is 2. The van der Waals surface area contributed by atoms with Crippen molar-refractivity contribution in [2.45, 2.75) is 39.8 Å². The van der Waals surface area contributed by atoms with E-state index in [1.807, 2.05) is 0 Å². The summed E-state index contributed by atoms with van der Waals surface area (Å²) in [6.07, 6.45) is -0.623. The van der Waals surface area contributed by atoms with E-state index in [2.05, 4.69) is 10.4 Å². The van der Waals surface area contributed by atoms with Gasteiger partial charge in [-0.15, -0.1) is 0 Å². The third-order valence-corrected chi connectivity index (χ3v) is 1.90. The fourth-order valence-electron chi connectivity index (χ4n) is 1.27. The second kappa shape index (κ2) is 5.07. The molecule has 2 N–H and O–H groups in total. The molecule has 0 aromatic carbocycles. The van der Waals surface area contributed by atoms with E-state index in [-0.39, 0.29) is 12.4 Å². The maximum absolute atomic E-state index is 11.5. The predicted octanol–water partition coefficient (Wildman–Crippen LogP) is 1.62. The van der Waals surface area contributed by atoms with Crippen molar-refractivity contribution in [2.24, 2.45) is 0 Å². The molecule has 0 radical (unpaired) electrons. The van der Waals surface area contributed by atoms with Crippen LogP contribution in [0.2, 0.25) is 0 Å². The van der Waals surface area contributed by atoms with Gasteiger partial charge >= 0.3 is 12.1 Å². The zero-order valence-electron chi connectivity index (χ0n) is 10.9. The van der Waals surface area contributed by atoms with E-state index in [0.717, 1.165) is 0 Å². The van der Waals surface area contributed by atoms with E-state index in [0.29, 0.717) is 5.69 Å². The first-order valence-corrected chi connectivity index (χ1v) is 5.43. The Morgan fingerprint density at radius 1 is 1.50 bits per heavy atom. The van der Waals surface area contributed by atoms with Crippen molar-refractivity contribution in [3.63, 3.8) is 0 Å². The molecule has 18 heavy (non-hydrogen) atoms.